The van der Waals surface area contributed by atoms with Crippen LogP contribution < -0.4 is 5.32 Å². The number of rotatable bonds is 5. The fourth-order valence-corrected chi connectivity index (χ4v) is 3.84. The van der Waals surface area contributed by atoms with Crippen LogP contribution in [0, 0.1) is 13.8 Å². The number of nitrogens with one attached hydrogen (secondary N) is 1. The number of hydrogen-bond donors (Lipinski definition) is 1. The van der Waals surface area contributed by atoms with E-state index in [1.165, 1.54) is 5.56 Å². The van der Waals surface area contributed by atoms with Crippen LogP contribution in [0.5, 0.6) is 0 Å². The Balaban J connectivity index is 1.50. The molecule has 2 heterocycles. The first-order chi connectivity index (χ1) is 14.6. The minimum atomic E-state index is -0.262. The van der Waals surface area contributed by atoms with Gasteiger partial charge in [-0.3, -0.25) is 14.5 Å². The lowest BCUT2D eigenvalue weighted by Gasteiger charge is -2.37. The van der Waals surface area contributed by atoms with Crippen LogP contribution in [0.15, 0.2) is 28.8 Å². The predicted molar refractivity (Wildman–Crippen MR) is 121 cm³/mol. The molecule has 1 aliphatic heterocycles. The van der Waals surface area contributed by atoms with Gasteiger partial charge in [-0.1, -0.05) is 38.1 Å². The Hall–Kier alpha value is -2.67. The van der Waals surface area contributed by atoms with Crippen molar-refractivity contribution in [2.45, 2.75) is 59.4 Å². The number of carbonyl (C=O) groups is 2. The molecule has 31 heavy (non-hydrogen) atoms. The van der Waals surface area contributed by atoms with Gasteiger partial charge in [0.2, 0.25) is 11.8 Å². The Bertz CT molecular complexity index is 900. The summed E-state index contributed by atoms with van der Waals surface area (Å²) in [5.41, 5.74) is 3.76. The van der Waals surface area contributed by atoms with Crippen LogP contribution in [0.4, 0.5) is 5.69 Å². The van der Waals surface area contributed by atoms with E-state index in [2.05, 4.69) is 48.3 Å². The van der Waals surface area contributed by atoms with Gasteiger partial charge in [0, 0.05) is 37.4 Å². The van der Waals surface area contributed by atoms with Gasteiger partial charge in [-0.2, -0.15) is 0 Å². The molecule has 1 fully saturated rings. The summed E-state index contributed by atoms with van der Waals surface area (Å²) in [4.78, 5) is 29.4. The summed E-state index contributed by atoms with van der Waals surface area (Å²) in [6.07, 6.45) is 0.307. The summed E-state index contributed by atoms with van der Waals surface area (Å²) in [6.45, 7) is 14.7. The van der Waals surface area contributed by atoms with Crippen molar-refractivity contribution in [3.63, 3.8) is 0 Å². The Kier molecular flexibility index (Phi) is 6.84. The zero-order chi connectivity index (χ0) is 22.8. The molecule has 0 spiro atoms. The van der Waals surface area contributed by atoms with Gasteiger partial charge < -0.3 is 14.7 Å². The molecule has 2 aromatic rings. The average molecular weight is 427 g/mol. The van der Waals surface area contributed by atoms with Gasteiger partial charge in [0.1, 0.15) is 5.76 Å². The summed E-state index contributed by atoms with van der Waals surface area (Å²) < 4.78 is 5.16. The van der Waals surface area contributed by atoms with Gasteiger partial charge in [0.05, 0.1) is 18.2 Å². The van der Waals surface area contributed by atoms with Crippen LogP contribution in [-0.2, 0) is 21.4 Å². The number of hydrogen-bond acceptors (Lipinski definition) is 5. The minimum Gasteiger partial charge on any atom is -0.361 e. The van der Waals surface area contributed by atoms with Crippen LogP contribution in [0.3, 0.4) is 0 Å². The number of nitrogens with zero attached hydrogens (tertiary/aromatic N) is 3. The molecule has 0 aliphatic carbocycles. The summed E-state index contributed by atoms with van der Waals surface area (Å²) >= 11 is 0. The lowest BCUT2D eigenvalue weighted by molar-refractivity contribution is -0.133. The first-order valence-corrected chi connectivity index (χ1v) is 10.9. The molecule has 3 rings (SSSR count). The third-order valence-corrected chi connectivity index (χ3v) is 6.12. The molecule has 0 bridgehead atoms. The number of anilines is 1. The third-order valence-electron chi connectivity index (χ3n) is 6.12. The first-order valence-electron chi connectivity index (χ1n) is 10.9. The third kappa shape index (κ3) is 5.53. The first kappa shape index (κ1) is 23.0. The summed E-state index contributed by atoms with van der Waals surface area (Å²) in [5.74, 6) is 0.745. The van der Waals surface area contributed by atoms with E-state index in [0.717, 1.165) is 16.9 Å². The van der Waals surface area contributed by atoms with E-state index >= 15 is 0 Å². The van der Waals surface area contributed by atoms with Crippen molar-refractivity contribution < 1.29 is 14.1 Å². The van der Waals surface area contributed by atoms with E-state index in [-0.39, 0.29) is 23.3 Å². The van der Waals surface area contributed by atoms with Crippen LogP contribution in [-0.4, -0.2) is 59.0 Å². The topological polar surface area (TPSA) is 78.7 Å². The predicted octanol–water partition coefficient (Wildman–Crippen LogP) is 3.30. The van der Waals surface area contributed by atoms with Crippen LogP contribution in [0.25, 0.3) is 0 Å². The molecule has 2 amide bonds. The maximum atomic E-state index is 12.7. The molecule has 168 valence electrons. The summed E-state index contributed by atoms with van der Waals surface area (Å²) in [7, 11) is 0. The number of carbonyl (C=O) groups excluding carboxylic acids is 2. The average Bonchev–Trinajstić information content (AvgIpc) is 3.05. The van der Waals surface area contributed by atoms with Gasteiger partial charge in [-0.15, -0.1) is 0 Å². The highest BCUT2D eigenvalue weighted by Gasteiger charge is 2.28. The highest BCUT2D eigenvalue weighted by molar-refractivity contribution is 5.94. The molecule has 7 nitrogen and oxygen atoms in total. The summed E-state index contributed by atoms with van der Waals surface area (Å²) in [6, 6.07) is 7.77. The van der Waals surface area contributed by atoms with Crippen molar-refractivity contribution >= 4 is 17.5 Å². The van der Waals surface area contributed by atoms with Crippen molar-refractivity contribution in [3.05, 3.63) is 46.8 Å². The Morgan fingerprint density at radius 2 is 1.71 bits per heavy atom. The molecular formula is C24H34N4O3. The van der Waals surface area contributed by atoms with Gasteiger partial charge in [-0.25, -0.2) is 0 Å². The quantitative estimate of drug-likeness (QED) is 0.794. The SMILES string of the molecule is Cc1noc(C)c1CC(=O)N1CCN(C(C)C(=O)Nc2ccc(C(C)(C)C)cc2)CC1. The molecule has 1 unspecified atom stereocenters. The van der Waals surface area contributed by atoms with E-state index in [0.29, 0.717) is 38.4 Å². The molecule has 1 atom stereocenters. The second kappa shape index (κ2) is 9.22. The van der Waals surface area contributed by atoms with Crippen LogP contribution in [0.1, 0.15) is 50.3 Å². The fraction of sp³-hybridized carbons (Fsp3) is 0.542. The fourth-order valence-electron chi connectivity index (χ4n) is 3.84. The smallest absolute Gasteiger partial charge is 0.241 e. The van der Waals surface area contributed by atoms with Crippen molar-refractivity contribution in [2.75, 3.05) is 31.5 Å². The highest BCUT2D eigenvalue weighted by Crippen LogP contribution is 2.23. The van der Waals surface area contributed by atoms with Crippen molar-refractivity contribution in [2.24, 2.45) is 0 Å². The largest absolute Gasteiger partial charge is 0.361 e. The second-order valence-corrected chi connectivity index (χ2v) is 9.39. The van der Waals surface area contributed by atoms with Gasteiger partial charge in [0.15, 0.2) is 0 Å². The van der Waals surface area contributed by atoms with E-state index < -0.39 is 0 Å². The highest BCUT2D eigenvalue weighted by atomic mass is 16.5. The van der Waals surface area contributed by atoms with Crippen molar-refractivity contribution in [3.8, 4) is 0 Å². The number of benzene rings is 1. The van der Waals surface area contributed by atoms with E-state index in [1.807, 2.05) is 37.8 Å². The van der Waals surface area contributed by atoms with Crippen LogP contribution in [0.2, 0.25) is 0 Å². The molecule has 1 saturated heterocycles. The van der Waals surface area contributed by atoms with Gasteiger partial charge >= 0.3 is 0 Å². The molecule has 1 aliphatic rings. The van der Waals surface area contributed by atoms with E-state index in [1.54, 1.807) is 0 Å². The Morgan fingerprint density at radius 1 is 1.10 bits per heavy atom. The number of piperazine rings is 1. The lowest BCUT2D eigenvalue weighted by Crippen LogP contribution is -2.54. The zero-order valence-electron chi connectivity index (χ0n) is 19.5. The van der Waals surface area contributed by atoms with E-state index in [9.17, 15) is 9.59 Å². The van der Waals surface area contributed by atoms with E-state index in [4.69, 9.17) is 4.52 Å². The second-order valence-electron chi connectivity index (χ2n) is 9.39. The van der Waals surface area contributed by atoms with Crippen LogP contribution >= 0.6 is 0 Å². The molecule has 7 heteroatoms. The van der Waals surface area contributed by atoms with Gasteiger partial charge in [0.25, 0.3) is 0 Å². The summed E-state index contributed by atoms with van der Waals surface area (Å²) in [5, 5.41) is 6.94. The number of aryl methyl sites for hydroxylation is 2. The molecule has 1 aromatic carbocycles. The molecular weight excluding hydrogens is 392 g/mol. The van der Waals surface area contributed by atoms with Crippen molar-refractivity contribution in [1.82, 2.24) is 15.0 Å². The number of aromatic nitrogens is 1. The maximum absolute atomic E-state index is 12.7. The van der Waals surface area contributed by atoms with Gasteiger partial charge in [-0.05, 0) is 43.9 Å². The molecule has 1 N–H and O–H groups in total. The molecule has 1 aromatic heterocycles. The standard InChI is InChI=1S/C24H34N4O3/c1-16-21(18(3)31-26-16)15-22(29)28-13-11-27(12-14-28)17(2)23(30)25-20-9-7-19(8-10-20)24(4,5)6/h7-10,17H,11-15H2,1-6H3,(H,25,30). The molecule has 0 saturated carbocycles. The zero-order valence-corrected chi connectivity index (χ0v) is 19.5. The Morgan fingerprint density at radius 3 is 2.23 bits per heavy atom. The normalized spacial score (nSPS) is 16.3. The van der Waals surface area contributed by atoms with Crippen molar-refractivity contribution in [1.29, 1.82) is 0 Å². The number of amides is 2. The maximum Gasteiger partial charge on any atom is 0.241 e. The molecule has 0 radical (unpaired) electrons. The Labute approximate surface area is 184 Å². The lowest BCUT2D eigenvalue weighted by atomic mass is 9.87. The monoisotopic (exact) mass is 426 g/mol. The minimum absolute atomic E-state index is 0.0287.